The van der Waals surface area contributed by atoms with Crippen molar-refractivity contribution in [3.63, 3.8) is 0 Å². The van der Waals surface area contributed by atoms with E-state index in [9.17, 15) is 18.0 Å². The number of carbonyl (C=O) groups is 2. The molecule has 0 saturated heterocycles. The molecule has 3 aromatic carbocycles. The highest BCUT2D eigenvalue weighted by Crippen LogP contribution is 2.35. The molecular weight excluding hydrogens is 586 g/mol. The topological polar surface area (TPSA) is 96.0 Å². The normalized spacial score (nSPS) is 14.3. The highest BCUT2D eigenvalue weighted by Gasteiger charge is 2.35. The minimum Gasteiger partial charge on any atom is -0.495 e. The van der Waals surface area contributed by atoms with E-state index < -0.39 is 28.5 Å². The van der Waals surface area contributed by atoms with Gasteiger partial charge in [0.05, 0.1) is 17.7 Å². The van der Waals surface area contributed by atoms with Gasteiger partial charge in [-0.1, -0.05) is 78.9 Å². The van der Waals surface area contributed by atoms with Crippen molar-refractivity contribution in [2.45, 2.75) is 76.4 Å². The third kappa shape index (κ3) is 7.89. The fourth-order valence-electron chi connectivity index (χ4n) is 5.39. The number of nitrogens with one attached hydrogen (secondary N) is 1. The van der Waals surface area contributed by atoms with E-state index in [2.05, 4.69) is 5.32 Å². The zero-order valence-corrected chi connectivity index (χ0v) is 26.7. The van der Waals surface area contributed by atoms with Crippen LogP contribution in [0.1, 0.15) is 55.7 Å². The summed E-state index contributed by atoms with van der Waals surface area (Å²) < 4.78 is 34.8. The Morgan fingerprint density at radius 1 is 0.977 bits per heavy atom. The average Bonchev–Trinajstić information content (AvgIpc) is 3.50. The molecule has 4 rings (SSSR count). The van der Waals surface area contributed by atoms with Crippen LogP contribution in [0.4, 0.5) is 5.69 Å². The minimum atomic E-state index is -4.25. The third-order valence-corrected chi connectivity index (χ3v) is 9.87. The summed E-state index contributed by atoms with van der Waals surface area (Å²) in [5.74, 6) is -0.515. The molecule has 230 valence electrons. The van der Waals surface area contributed by atoms with Gasteiger partial charge in [-0.3, -0.25) is 13.9 Å². The lowest BCUT2D eigenvalue weighted by atomic mass is 10.1. The Kier molecular flexibility index (Phi) is 10.7. The quantitative estimate of drug-likeness (QED) is 0.265. The van der Waals surface area contributed by atoms with Crippen LogP contribution in [0.25, 0.3) is 0 Å². The molecule has 3 aromatic rings. The SMILES string of the molecule is CCC(C(=O)NC1CCCC1)N(Cc1ccc(C)cc1)C(=O)CN(c1cc(Cl)ccc1OC)S(=O)(=O)c1ccc(C)cc1. The third-order valence-electron chi connectivity index (χ3n) is 7.86. The fourth-order valence-corrected chi connectivity index (χ4v) is 6.97. The summed E-state index contributed by atoms with van der Waals surface area (Å²) in [6, 6.07) is 18.0. The zero-order valence-electron chi connectivity index (χ0n) is 25.2. The highest BCUT2D eigenvalue weighted by atomic mass is 35.5. The number of rotatable bonds is 12. The second kappa shape index (κ2) is 14.3. The molecule has 1 aliphatic rings. The van der Waals surface area contributed by atoms with E-state index in [4.69, 9.17) is 16.3 Å². The maximum absolute atomic E-state index is 14.3. The summed E-state index contributed by atoms with van der Waals surface area (Å²) in [5, 5.41) is 3.41. The number of hydrogen-bond acceptors (Lipinski definition) is 5. The molecule has 8 nitrogen and oxygen atoms in total. The molecule has 1 unspecified atom stereocenters. The predicted octanol–water partition coefficient (Wildman–Crippen LogP) is 6.03. The Morgan fingerprint density at radius 3 is 2.16 bits per heavy atom. The lowest BCUT2D eigenvalue weighted by molar-refractivity contribution is -0.140. The number of hydrogen-bond donors (Lipinski definition) is 1. The van der Waals surface area contributed by atoms with Gasteiger partial charge in [0, 0.05) is 17.6 Å². The summed E-state index contributed by atoms with van der Waals surface area (Å²) in [6.45, 7) is 5.27. The number of ether oxygens (including phenoxy) is 1. The first-order chi connectivity index (χ1) is 20.5. The van der Waals surface area contributed by atoms with Gasteiger partial charge in [0.1, 0.15) is 18.3 Å². The maximum Gasteiger partial charge on any atom is 0.264 e. The van der Waals surface area contributed by atoms with Crippen molar-refractivity contribution in [2.75, 3.05) is 18.0 Å². The van der Waals surface area contributed by atoms with Crippen LogP contribution in [-0.2, 0) is 26.2 Å². The molecular formula is C33H40ClN3O5S. The molecule has 2 amide bonds. The molecule has 0 radical (unpaired) electrons. The van der Waals surface area contributed by atoms with E-state index in [0.717, 1.165) is 46.7 Å². The van der Waals surface area contributed by atoms with E-state index in [1.807, 2.05) is 45.0 Å². The first-order valence-electron chi connectivity index (χ1n) is 14.6. The van der Waals surface area contributed by atoms with E-state index in [0.29, 0.717) is 6.42 Å². The van der Waals surface area contributed by atoms with Crippen molar-refractivity contribution in [1.29, 1.82) is 0 Å². The Balaban J connectivity index is 1.76. The van der Waals surface area contributed by atoms with Gasteiger partial charge in [-0.2, -0.15) is 0 Å². The maximum atomic E-state index is 14.3. The smallest absolute Gasteiger partial charge is 0.264 e. The summed E-state index contributed by atoms with van der Waals surface area (Å²) in [6.07, 6.45) is 4.29. The standard InChI is InChI=1S/C33H40ClN3O5S/c1-5-29(33(39)35-27-8-6-7-9-27)36(21-25-14-10-23(2)11-15-25)32(38)22-37(30-20-26(34)16-19-31(30)42-4)43(40,41)28-17-12-24(3)13-18-28/h10-20,27,29H,5-9,21-22H2,1-4H3,(H,35,39). The van der Waals surface area contributed by atoms with Gasteiger partial charge < -0.3 is 15.0 Å². The Morgan fingerprint density at radius 2 is 1.58 bits per heavy atom. The van der Waals surface area contributed by atoms with E-state index in [-0.39, 0.29) is 39.8 Å². The largest absolute Gasteiger partial charge is 0.495 e. The number of carbonyl (C=O) groups excluding carboxylic acids is 2. The highest BCUT2D eigenvalue weighted by molar-refractivity contribution is 7.92. The minimum absolute atomic E-state index is 0.0176. The van der Waals surface area contributed by atoms with E-state index in [1.165, 1.54) is 30.2 Å². The fraction of sp³-hybridized carbons (Fsp3) is 0.394. The van der Waals surface area contributed by atoms with Crippen LogP contribution in [-0.4, -0.2) is 50.9 Å². The lowest BCUT2D eigenvalue weighted by Crippen LogP contribution is -2.53. The van der Waals surface area contributed by atoms with E-state index >= 15 is 0 Å². The van der Waals surface area contributed by atoms with Crippen molar-refractivity contribution >= 4 is 39.1 Å². The van der Waals surface area contributed by atoms with Gasteiger partial charge >= 0.3 is 0 Å². The van der Waals surface area contributed by atoms with Gasteiger partial charge in [-0.15, -0.1) is 0 Å². The van der Waals surface area contributed by atoms with Crippen LogP contribution in [0.15, 0.2) is 71.6 Å². The number of benzene rings is 3. The van der Waals surface area contributed by atoms with Crippen LogP contribution < -0.4 is 14.4 Å². The molecule has 0 aromatic heterocycles. The number of aryl methyl sites for hydroxylation is 2. The Hall–Kier alpha value is -3.56. The first kappa shape index (κ1) is 32.4. The van der Waals surface area contributed by atoms with Crippen molar-refractivity contribution in [3.8, 4) is 5.75 Å². The van der Waals surface area contributed by atoms with Crippen molar-refractivity contribution in [1.82, 2.24) is 10.2 Å². The van der Waals surface area contributed by atoms with Crippen molar-refractivity contribution in [3.05, 3.63) is 88.4 Å². The molecule has 1 aliphatic carbocycles. The van der Waals surface area contributed by atoms with Crippen LogP contribution in [0.3, 0.4) is 0 Å². The van der Waals surface area contributed by atoms with Crippen LogP contribution in [0.5, 0.6) is 5.75 Å². The molecule has 1 saturated carbocycles. The first-order valence-corrected chi connectivity index (χ1v) is 16.4. The van der Waals surface area contributed by atoms with Gasteiger partial charge in [0.2, 0.25) is 11.8 Å². The summed E-state index contributed by atoms with van der Waals surface area (Å²) >= 11 is 6.32. The number of halogens is 1. The number of amides is 2. The number of sulfonamides is 1. The predicted molar refractivity (Wildman–Crippen MR) is 170 cm³/mol. The molecule has 0 aliphatic heterocycles. The molecule has 0 bridgehead atoms. The number of nitrogens with zero attached hydrogens (tertiary/aromatic N) is 2. The lowest BCUT2D eigenvalue weighted by Gasteiger charge is -2.34. The molecule has 1 fully saturated rings. The van der Waals surface area contributed by atoms with Gasteiger partial charge in [0.15, 0.2) is 0 Å². The molecule has 10 heteroatoms. The number of anilines is 1. The summed E-state index contributed by atoms with van der Waals surface area (Å²) in [4.78, 5) is 29.4. The number of methoxy groups -OCH3 is 1. The second-order valence-electron chi connectivity index (χ2n) is 11.1. The van der Waals surface area contributed by atoms with Crippen LogP contribution in [0.2, 0.25) is 5.02 Å². The summed E-state index contributed by atoms with van der Waals surface area (Å²) in [7, 11) is -2.83. The van der Waals surface area contributed by atoms with Crippen molar-refractivity contribution < 1.29 is 22.7 Å². The molecule has 0 heterocycles. The molecule has 43 heavy (non-hydrogen) atoms. The van der Waals surface area contributed by atoms with Crippen LogP contribution in [0, 0.1) is 13.8 Å². The molecule has 1 N–H and O–H groups in total. The Bertz CT molecular complexity index is 1520. The average molecular weight is 626 g/mol. The monoisotopic (exact) mass is 625 g/mol. The van der Waals surface area contributed by atoms with Gasteiger partial charge in [0.25, 0.3) is 10.0 Å². The zero-order chi connectivity index (χ0) is 31.1. The second-order valence-corrected chi connectivity index (χ2v) is 13.4. The van der Waals surface area contributed by atoms with Crippen LogP contribution >= 0.6 is 11.6 Å². The molecule has 1 atom stereocenters. The molecule has 0 spiro atoms. The summed E-state index contributed by atoms with van der Waals surface area (Å²) in [5.41, 5.74) is 2.92. The Labute approximate surface area is 260 Å². The van der Waals surface area contributed by atoms with Gasteiger partial charge in [-0.25, -0.2) is 8.42 Å². The van der Waals surface area contributed by atoms with Crippen molar-refractivity contribution in [2.24, 2.45) is 0 Å². The van der Waals surface area contributed by atoms with Gasteiger partial charge in [-0.05, 0) is 69.0 Å². The van der Waals surface area contributed by atoms with E-state index in [1.54, 1.807) is 24.3 Å².